The maximum atomic E-state index is 13.1. The number of ether oxygens (including phenoxy) is 1. The van der Waals surface area contributed by atoms with E-state index in [2.05, 4.69) is 5.32 Å². The number of hydrogen-bond acceptors (Lipinski definition) is 5. The van der Waals surface area contributed by atoms with E-state index in [4.69, 9.17) is 4.74 Å². The molecule has 8 heteroatoms. The van der Waals surface area contributed by atoms with Crippen LogP contribution in [0.15, 0.2) is 54.1 Å². The van der Waals surface area contributed by atoms with Gasteiger partial charge < -0.3 is 10.1 Å². The fourth-order valence-electron chi connectivity index (χ4n) is 3.23. The van der Waals surface area contributed by atoms with E-state index in [0.29, 0.717) is 22.4 Å². The van der Waals surface area contributed by atoms with Crippen LogP contribution in [-0.2, 0) is 21.4 Å². The Morgan fingerprint density at radius 3 is 2.20 bits per heavy atom. The van der Waals surface area contributed by atoms with E-state index in [-0.39, 0.29) is 29.0 Å². The zero-order valence-corrected chi connectivity index (χ0v) is 18.1. The van der Waals surface area contributed by atoms with Crippen molar-refractivity contribution in [1.82, 2.24) is 9.62 Å². The summed E-state index contributed by atoms with van der Waals surface area (Å²) in [5.74, 6) is -0.166. The van der Waals surface area contributed by atoms with Crippen LogP contribution < -0.4 is 10.1 Å². The predicted molar refractivity (Wildman–Crippen MR) is 114 cm³/mol. The summed E-state index contributed by atoms with van der Waals surface area (Å²) in [5, 5.41) is 2.79. The minimum Gasteiger partial charge on any atom is -0.497 e. The van der Waals surface area contributed by atoms with Crippen LogP contribution in [0.25, 0.3) is 4.91 Å². The van der Waals surface area contributed by atoms with E-state index in [1.54, 1.807) is 48.5 Å². The molecule has 2 amide bonds. The van der Waals surface area contributed by atoms with Crippen molar-refractivity contribution in [3.63, 3.8) is 0 Å². The number of nitrogens with zero attached hydrogens (tertiary/aromatic N) is 1. The summed E-state index contributed by atoms with van der Waals surface area (Å²) in [7, 11) is -2.47. The van der Waals surface area contributed by atoms with Crippen LogP contribution in [0, 0.1) is 0 Å². The van der Waals surface area contributed by atoms with Gasteiger partial charge in [-0.15, -0.1) is 0 Å². The third-order valence-electron chi connectivity index (χ3n) is 4.75. The van der Waals surface area contributed by atoms with Crippen molar-refractivity contribution in [3.05, 3.63) is 70.8 Å². The van der Waals surface area contributed by atoms with E-state index in [0.717, 1.165) is 4.31 Å². The molecule has 0 spiro atoms. The van der Waals surface area contributed by atoms with Crippen LogP contribution in [0.5, 0.6) is 5.75 Å². The van der Waals surface area contributed by atoms with Crippen molar-refractivity contribution in [2.24, 2.45) is 0 Å². The van der Waals surface area contributed by atoms with E-state index in [1.165, 1.54) is 14.0 Å². The molecule has 0 atom stereocenters. The number of benzene rings is 2. The topological polar surface area (TPSA) is 92.8 Å². The largest absolute Gasteiger partial charge is 0.497 e. The molecule has 2 aromatic carbocycles. The van der Waals surface area contributed by atoms with Gasteiger partial charge in [0.05, 0.1) is 13.7 Å². The fourth-order valence-corrected chi connectivity index (χ4v) is 5.04. The second kappa shape index (κ2) is 8.31. The van der Waals surface area contributed by atoms with Crippen molar-refractivity contribution in [2.45, 2.75) is 33.4 Å². The Hall–Kier alpha value is -3.13. The van der Waals surface area contributed by atoms with Crippen LogP contribution >= 0.6 is 0 Å². The van der Waals surface area contributed by atoms with Gasteiger partial charge in [0.2, 0.25) is 0 Å². The molecule has 1 N–H and O–H groups in total. The number of sulfonamides is 1. The van der Waals surface area contributed by atoms with Gasteiger partial charge in [-0.2, -0.15) is 0 Å². The summed E-state index contributed by atoms with van der Waals surface area (Å²) < 4.78 is 32.2. The molecular weight excluding hydrogens is 404 g/mol. The number of carbonyl (C=O) groups is 2. The van der Waals surface area contributed by atoms with Crippen molar-refractivity contribution in [1.29, 1.82) is 0 Å². The number of methoxy groups -OCH3 is 1. The molecule has 0 fully saturated rings. The van der Waals surface area contributed by atoms with Gasteiger partial charge >= 0.3 is 0 Å². The van der Waals surface area contributed by atoms with Gasteiger partial charge in [-0.3, -0.25) is 9.59 Å². The molecule has 0 saturated carbocycles. The molecule has 0 unspecified atom stereocenters. The molecule has 30 heavy (non-hydrogen) atoms. The van der Waals surface area contributed by atoms with Gasteiger partial charge in [0.1, 0.15) is 10.7 Å². The predicted octanol–water partition coefficient (Wildman–Crippen LogP) is 2.94. The minimum absolute atomic E-state index is 0.00286. The third kappa shape index (κ3) is 4.09. The Bertz CT molecular complexity index is 1100. The van der Waals surface area contributed by atoms with Crippen LogP contribution in [-0.4, -0.2) is 37.7 Å². The highest BCUT2D eigenvalue weighted by Gasteiger charge is 2.42. The molecule has 0 saturated heterocycles. The highest BCUT2D eigenvalue weighted by molar-refractivity contribution is 7.99. The third-order valence-corrected chi connectivity index (χ3v) is 6.68. The molecule has 158 valence electrons. The van der Waals surface area contributed by atoms with Crippen molar-refractivity contribution >= 4 is 26.7 Å². The van der Waals surface area contributed by atoms with E-state index < -0.39 is 15.9 Å². The smallest absolute Gasteiger partial charge is 0.268 e. The second-order valence-corrected chi connectivity index (χ2v) is 9.12. The van der Waals surface area contributed by atoms with Crippen LogP contribution in [0.2, 0.25) is 0 Å². The first kappa shape index (κ1) is 21.6. The van der Waals surface area contributed by atoms with Crippen LogP contribution in [0.3, 0.4) is 0 Å². The molecule has 0 radical (unpaired) electrons. The van der Waals surface area contributed by atoms with E-state index in [9.17, 15) is 18.0 Å². The molecule has 0 aromatic heterocycles. The number of carbonyl (C=O) groups excluding carboxylic acids is 2. The first-order valence-corrected chi connectivity index (χ1v) is 10.9. The molecule has 2 aromatic rings. The van der Waals surface area contributed by atoms with Gasteiger partial charge in [0, 0.05) is 17.2 Å². The Morgan fingerprint density at radius 2 is 1.67 bits per heavy atom. The second-order valence-electron chi connectivity index (χ2n) is 7.32. The quantitative estimate of drug-likeness (QED) is 0.764. The molecule has 0 aliphatic carbocycles. The summed E-state index contributed by atoms with van der Waals surface area (Å²) in [6, 6.07) is 13.1. The summed E-state index contributed by atoms with van der Waals surface area (Å²) in [4.78, 5) is 24.8. The standard InChI is InChI=1S/C22H24N2O5S/c1-14(2)23-21(25)18-7-5-16(6-8-18)13-24-22(26)15(3)20(30(24,27)28)17-9-11-19(29-4)12-10-17/h5-12,14H,13H2,1-4H3,(H,23,25). The molecule has 7 nitrogen and oxygen atoms in total. The van der Waals surface area contributed by atoms with E-state index in [1.807, 2.05) is 13.8 Å². The number of rotatable bonds is 6. The monoisotopic (exact) mass is 428 g/mol. The first-order valence-electron chi connectivity index (χ1n) is 9.47. The minimum atomic E-state index is -4.00. The molecule has 1 aliphatic rings. The van der Waals surface area contributed by atoms with Crippen molar-refractivity contribution < 1.29 is 22.7 Å². The molecular formula is C22H24N2O5S. The van der Waals surface area contributed by atoms with Crippen LogP contribution in [0.1, 0.15) is 42.3 Å². The summed E-state index contributed by atoms with van der Waals surface area (Å²) in [6.07, 6.45) is 0. The Labute approximate surface area is 176 Å². The summed E-state index contributed by atoms with van der Waals surface area (Å²) in [6.45, 7) is 5.14. The SMILES string of the molecule is COc1ccc(C2=C(C)C(=O)N(Cc3ccc(C(=O)NC(C)C)cc3)S2(=O)=O)cc1. The zero-order valence-electron chi connectivity index (χ0n) is 17.3. The van der Waals surface area contributed by atoms with Gasteiger partial charge in [-0.05, 0) is 68.3 Å². The molecule has 1 heterocycles. The average Bonchev–Trinajstić information content (AvgIpc) is 2.87. The Balaban J connectivity index is 1.84. The first-order chi connectivity index (χ1) is 14.1. The van der Waals surface area contributed by atoms with Crippen molar-refractivity contribution in [2.75, 3.05) is 7.11 Å². The summed E-state index contributed by atoms with van der Waals surface area (Å²) in [5.41, 5.74) is 1.69. The Kier molecular flexibility index (Phi) is 5.98. The maximum Gasteiger partial charge on any atom is 0.268 e. The van der Waals surface area contributed by atoms with Gasteiger partial charge in [-0.25, -0.2) is 12.7 Å². The number of amides is 2. The lowest BCUT2D eigenvalue weighted by Crippen LogP contribution is -2.31. The highest BCUT2D eigenvalue weighted by Crippen LogP contribution is 2.36. The number of nitrogens with one attached hydrogen (secondary N) is 1. The molecule has 3 rings (SSSR count). The average molecular weight is 429 g/mol. The maximum absolute atomic E-state index is 13.1. The lowest BCUT2D eigenvalue weighted by Gasteiger charge is -2.17. The molecule has 1 aliphatic heterocycles. The lowest BCUT2D eigenvalue weighted by atomic mass is 10.1. The highest BCUT2D eigenvalue weighted by atomic mass is 32.2. The summed E-state index contributed by atoms with van der Waals surface area (Å²) >= 11 is 0. The number of hydrogen-bond donors (Lipinski definition) is 1. The Morgan fingerprint density at radius 1 is 1.07 bits per heavy atom. The van der Waals surface area contributed by atoms with Crippen molar-refractivity contribution in [3.8, 4) is 5.75 Å². The normalized spacial score (nSPS) is 15.6. The van der Waals surface area contributed by atoms with E-state index >= 15 is 0 Å². The van der Waals surface area contributed by atoms with Gasteiger partial charge in [0.25, 0.3) is 21.8 Å². The fraction of sp³-hybridized carbons (Fsp3) is 0.273. The van der Waals surface area contributed by atoms with Gasteiger partial charge in [-0.1, -0.05) is 12.1 Å². The zero-order chi connectivity index (χ0) is 22.1. The lowest BCUT2D eigenvalue weighted by molar-refractivity contribution is -0.122. The molecule has 0 bridgehead atoms. The van der Waals surface area contributed by atoms with Crippen LogP contribution in [0.4, 0.5) is 0 Å². The van der Waals surface area contributed by atoms with Gasteiger partial charge in [0.15, 0.2) is 0 Å².